The Morgan fingerprint density at radius 1 is 0.591 bits per heavy atom. The van der Waals surface area contributed by atoms with Gasteiger partial charge in [0.15, 0.2) is 0 Å². The molecule has 0 aliphatic heterocycles. The second-order valence-electron chi connectivity index (χ2n) is 11.5. The molecule has 0 saturated heterocycles. The Kier molecular flexibility index (Phi) is 5.11. The molecule has 6 heterocycles. The summed E-state index contributed by atoms with van der Waals surface area (Å²) in [4.78, 5) is 19.3. The highest BCUT2D eigenvalue weighted by atomic mass is 16.5. The highest BCUT2D eigenvalue weighted by Gasteiger charge is 2.17. The van der Waals surface area contributed by atoms with Crippen LogP contribution < -0.4 is 4.74 Å². The molecule has 0 amide bonds. The van der Waals surface area contributed by atoms with Crippen molar-refractivity contribution in [2.24, 2.45) is 0 Å². The van der Waals surface area contributed by atoms with Gasteiger partial charge in [-0.3, -0.25) is 13.8 Å². The van der Waals surface area contributed by atoms with Crippen LogP contribution in [-0.2, 0) is 0 Å². The van der Waals surface area contributed by atoms with Crippen LogP contribution in [0.2, 0.25) is 0 Å². The second kappa shape index (κ2) is 9.09. The van der Waals surface area contributed by atoms with Crippen LogP contribution in [0, 0.1) is 20.8 Å². The molecule has 0 atom stereocenters. The molecule has 210 valence electrons. The fourth-order valence-electron chi connectivity index (χ4n) is 6.85. The fraction of sp³-hybridized carbons (Fsp3) is 0.0811. The zero-order valence-electron chi connectivity index (χ0n) is 24.4. The number of imidazole rings is 2. The molecule has 7 heteroatoms. The summed E-state index contributed by atoms with van der Waals surface area (Å²) in [5.41, 5.74) is 10.3. The van der Waals surface area contributed by atoms with E-state index >= 15 is 0 Å². The molecule has 7 nitrogen and oxygen atoms in total. The number of pyridine rings is 4. The molecule has 0 fully saturated rings. The number of hydrogen-bond donors (Lipinski definition) is 0. The third-order valence-electron chi connectivity index (χ3n) is 8.59. The molecular formula is C37H26N6O. The van der Waals surface area contributed by atoms with Gasteiger partial charge in [0, 0.05) is 58.1 Å². The number of rotatable bonds is 3. The summed E-state index contributed by atoms with van der Waals surface area (Å²) in [5, 5.41) is 5.18. The quantitative estimate of drug-likeness (QED) is 0.199. The van der Waals surface area contributed by atoms with Gasteiger partial charge in [0.05, 0.1) is 16.7 Å². The third-order valence-corrected chi connectivity index (χ3v) is 8.59. The van der Waals surface area contributed by atoms with E-state index in [9.17, 15) is 0 Å². The number of aromatic nitrogens is 6. The molecule has 0 aliphatic carbocycles. The number of fused-ring (bicyclic) bond motifs is 12. The maximum Gasteiger partial charge on any atom is 0.146 e. The van der Waals surface area contributed by atoms with Crippen LogP contribution in [-0.4, -0.2) is 28.7 Å². The van der Waals surface area contributed by atoms with Gasteiger partial charge in [-0.15, -0.1) is 0 Å². The zero-order valence-corrected chi connectivity index (χ0v) is 24.4. The molecule has 9 aromatic rings. The van der Waals surface area contributed by atoms with Gasteiger partial charge in [-0.1, -0.05) is 17.7 Å². The van der Waals surface area contributed by atoms with Gasteiger partial charge in [0.1, 0.15) is 28.4 Å². The number of nitrogens with zero attached hydrogens (tertiary/aromatic N) is 6. The SMILES string of the molecule is Cc1cc(C)c(-c2cn3c4cccnc4c4ccc(Oc5ccc6c7cccnc7n7ccnc7c6c5)cc4c3n2)c(C)c1. The number of ether oxygens (including phenoxy) is 1. The first-order valence-electron chi connectivity index (χ1n) is 14.6. The van der Waals surface area contributed by atoms with E-state index in [1.165, 1.54) is 22.3 Å². The summed E-state index contributed by atoms with van der Waals surface area (Å²) < 4.78 is 10.7. The smallest absolute Gasteiger partial charge is 0.146 e. The lowest BCUT2D eigenvalue weighted by atomic mass is 9.98. The minimum absolute atomic E-state index is 0.725. The van der Waals surface area contributed by atoms with Crippen molar-refractivity contribution in [2.75, 3.05) is 0 Å². The Morgan fingerprint density at radius 2 is 1.27 bits per heavy atom. The molecule has 9 rings (SSSR count). The predicted molar refractivity (Wildman–Crippen MR) is 176 cm³/mol. The number of aryl methyl sites for hydroxylation is 3. The Bertz CT molecular complexity index is 2610. The van der Waals surface area contributed by atoms with Crippen molar-refractivity contribution in [1.82, 2.24) is 28.7 Å². The second-order valence-corrected chi connectivity index (χ2v) is 11.5. The molecule has 0 aliphatic rings. The monoisotopic (exact) mass is 570 g/mol. The molecule has 6 aromatic heterocycles. The summed E-state index contributed by atoms with van der Waals surface area (Å²) in [7, 11) is 0. The van der Waals surface area contributed by atoms with Crippen molar-refractivity contribution in [3.8, 4) is 22.8 Å². The van der Waals surface area contributed by atoms with Crippen LogP contribution in [0.15, 0.2) is 104 Å². The maximum atomic E-state index is 6.53. The van der Waals surface area contributed by atoms with Crippen LogP contribution in [0.3, 0.4) is 0 Å². The molecule has 0 bridgehead atoms. The van der Waals surface area contributed by atoms with Gasteiger partial charge in [-0.25, -0.2) is 15.0 Å². The minimum Gasteiger partial charge on any atom is -0.457 e. The average molecular weight is 571 g/mol. The largest absolute Gasteiger partial charge is 0.457 e. The van der Waals surface area contributed by atoms with E-state index in [1.807, 2.05) is 53.5 Å². The highest BCUT2D eigenvalue weighted by molar-refractivity contribution is 6.12. The van der Waals surface area contributed by atoms with Gasteiger partial charge in [0.25, 0.3) is 0 Å². The van der Waals surface area contributed by atoms with E-state index in [0.29, 0.717) is 0 Å². The van der Waals surface area contributed by atoms with Crippen LogP contribution in [0.25, 0.3) is 66.2 Å². The Hall–Kier alpha value is -5.82. The number of benzene rings is 3. The van der Waals surface area contributed by atoms with E-state index in [2.05, 4.69) is 89.9 Å². The van der Waals surface area contributed by atoms with Crippen molar-refractivity contribution in [3.63, 3.8) is 0 Å². The third kappa shape index (κ3) is 3.56. The first-order chi connectivity index (χ1) is 21.5. The summed E-state index contributed by atoms with van der Waals surface area (Å²) in [5.74, 6) is 1.46. The lowest BCUT2D eigenvalue weighted by Gasteiger charge is -2.12. The van der Waals surface area contributed by atoms with Gasteiger partial charge in [-0.05, 0) is 97.9 Å². The molecule has 44 heavy (non-hydrogen) atoms. The van der Waals surface area contributed by atoms with Crippen LogP contribution in [0.4, 0.5) is 0 Å². The lowest BCUT2D eigenvalue weighted by Crippen LogP contribution is -1.94. The van der Waals surface area contributed by atoms with E-state index in [-0.39, 0.29) is 0 Å². The summed E-state index contributed by atoms with van der Waals surface area (Å²) >= 11 is 0. The summed E-state index contributed by atoms with van der Waals surface area (Å²) in [6.45, 7) is 6.45. The first-order valence-corrected chi connectivity index (χ1v) is 14.6. The Labute approximate surface area is 252 Å². The standard InChI is InChI=1S/C37H26N6O/c1-21-16-22(2)33(23(3)17-21)31-20-43-32-7-5-12-38-34(32)27-11-9-25(19-30(27)37(43)41-31)44-24-8-10-26-28-6-4-13-39-35(28)42-15-14-40-36(42)29(26)18-24/h4-20H,1-3H3. The zero-order chi connectivity index (χ0) is 29.5. The van der Waals surface area contributed by atoms with Gasteiger partial charge < -0.3 is 4.74 Å². The molecule has 0 saturated carbocycles. The van der Waals surface area contributed by atoms with Crippen molar-refractivity contribution >= 4 is 54.9 Å². The van der Waals surface area contributed by atoms with Crippen molar-refractivity contribution in [2.45, 2.75) is 20.8 Å². The van der Waals surface area contributed by atoms with Crippen molar-refractivity contribution < 1.29 is 4.74 Å². The fourth-order valence-corrected chi connectivity index (χ4v) is 6.85. The molecule has 3 aromatic carbocycles. The van der Waals surface area contributed by atoms with Crippen LogP contribution in [0.1, 0.15) is 16.7 Å². The number of hydrogen-bond acceptors (Lipinski definition) is 5. The lowest BCUT2D eigenvalue weighted by molar-refractivity contribution is 0.484. The molecule has 0 spiro atoms. The highest BCUT2D eigenvalue weighted by Crippen LogP contribution is 2.37. The normalized spacial score (nSPS) is 12.0. The first kappa shape index (κ1) is 24.7. The molecule has 0 N–H and O–H groups in total. The van der Waals surface area contributed by atoms with Gasteiger partial charge >= 0.3 is 0 Å². The molecule has 0 unspecified atom stereocenters. The van der Waals surface area contributed by atoms with Gasteiger partial charge in [-0.2, -0.15) is 0 Å². The van der Waals surface area contributed by atoms with E-state index in [0.717, 1.165) is 72.1 Å². The maximum absolute atomic E-state index is 6.53. The topological polar surface area (TPSA) is 69.6 Å². The average Bonchev–Trinajstić information content (AvgIpc) is 3.70. The van der Waals surface area contributed by atoms with E-state index in [1.54, 1.807) is 0 Å². The van der Waals surface area contributed by atoms with Crippen molar-refractivity contribution in [1.29, 1.82) is 0 Å². The van der Waals surface area contributed by atoms with Crippen LogP contribution >= 0.6 is 0 Å². The van der Waals surface area contributed by atoms with Crippen LogP contribution in [0.5, 0.6) is 11.5 Å². The molecular weight excluding hydrogens is 544 g/mol. The van der Waals surface area contributed by atoms with E-state index in [4.69, 9.17) is 14.7 Å². The van der Waals surface area contributed by atoms with Crippen molar-refractivity contribution in [3.05, 3.63) is 120 Å². The molecule has 0 radical (unpaired) electrons. The summed E-state index contributed by atoms with van der Waals surface area (Å²) in [6, 6.07) is 24.9. The Morgan fingerprint density at radius 3 is 2.09 bits per heavy atom. The Balaban J connectivity index is 1.23. The predicted octanol–water partition coefficient (Wildman–Crippen LogP) is 8.77. The van der Waals surface area contributed by atoms with Gasteiger partial charge in [0.2, 0.25) is 0 Å². The summed E-state index contributed by atoms with van der Waals surface area (Å²) in [6.07, 6.45) is 9.54. The minimum atomic E-state index is 0.725. The van der Waals surface area contributed by atoms with E-state index < -0.39 is 0 Å².